The summed E-state index contributed by atoms with van der Waals surface area (Å²) < 4.78 is 5.06. The lowest BCUT2D eigenvalue weighted by Crippen LogP contribution is -2.25. The van der Waals surface area contributed by atoms with Gasteiger partial charge in [0.05, 0.1) is 13.7 Å². The second-order valence-corrected chi connectivity index (χ2v) is 4.71. The third-order valence-electron chi connectivity index (χ3n) is 2.36. The number of ether oxygens (including phenoxy) is 1. The lowest BCUT2D eigenvalue weighted by atomic mass is 10.2. The van der Waals surface area contributed by atoms with E-state index in [1.807, 2.05) is 24.3 Å². The molecule has 1 aliphatic rings. The lowest BCUT2D eigenvalue weighted by molar-refractivity contribution is -0.115. The fourth-order valence-electron chi connectivity index (χ4n) is 1.44. The molecule has 4 nitrogen and oxygen atoms in total. The van der Waals surface area contributed by atoms with Gasteiger partial charge in [-0.3, -0.25) is 9.79 Å². The summed E-state index contributed by atoms with van der Waals surface area (Å²) in [6.07, 6.45) is 3.26. The van der Waals surface area contributed by atoms with Crippen molar-refractivity contribution in [2.75, 3.05) is 19.4 Å². The minimum absolute atomic E-state index is 0.154. The summed E-state index contributed by atoms with van der Waals surface area (Å²) in [6.45, 7) is 0.780. The van der Waals surface area contributed by atoms with E-state index in [4.69, 9.17) is 4.74 Å². The quantitative estimate of drug-likeness (QED) is 0.847. The molecule has 94 valence electrons. The normalized spacial score (nSPS) is 14.6. The van der Waals surface area contributed by atoms with Crippen molar-refractivity contribution >= 4 is 28.9 Å². The van der Waals surface area contributed by atoms with E-state index in [0.29, 0.717) is 5.17 Å². The highest BCUT2D eigenvalue weighted by Gasteiger charge is 2.08. The van der Waals surface area contributed by atoms with Gasteiger partial charge in [0.15, 0.2) is 5.17 Å². The number of methoxy groups -OCH3 is 1. The van der Waals surface area contributed by atoms with Crippen LogP contribution in [-0.2, 0) is 4.79 Å². The molecular weight excluding hydrogens is 248 g/mol. The first-order valence-electron chi connectivity index (χ1n) is 5.58. The van der Waals surface area contributed by atoms with E-state index < -0.39 is 0 Å². The highest BCUT2D eigenvalue weighted by atomic mass is 32.2. The number of hydrogen-bond donors (Lipinski definition) is 1. The fraction of sp³-hybridized carbons (Fsp3) is 0.231. The summed E-state index contributed by atoms with van der Waals surface area (Å²) in [6, 6.07) is 7.50. The van der Waals surface area contributed by atoms with Gasteiger partial charge < -0.3 is 10.1 Å². The largest absolute Gasteiger partial charge is 0.497 e. The zero-order valence-corrected chi connectivity index (χ0v) is 10.9. The Morgan fingerprint density at radius 1 is 1.44 bits per heavy atom. The minimum Gasteiger partial charge on any atom is -0.497 e. The first-order chi connectivity index (χ1) is 8.78. The Kier molecular flexibility index (Phi) is 4.41. The Balaban J connectivity index is 1.90. The predicted molar refractivity (Wildman–Crippen MR) is 74.9 cm³/mol. The molecule has 0 saturated heterocycles. The molecular formula is C13H14N2O2S. The number of carbonyl (C=O) groups excluding carboxylic acids is 1. The zero-order chi connectivity index (χ0) is 12.8. The Hall–Kier alpha value is -1.75. The van der Waals surface area contributed by atoms with E-state index in [-0.39, 0.29) is 5.91 Å². The van der Waals surface area contributed by atoms with Crippen LogP contribution in [0.1, 0.15) is 5.56 Å². The van der Waals surface area contributed by atoms with E-state index >= 15 is 0 Å². The maximum atomic E-state index is 11.6. The number of carbonyl (C=O) groups is 1. The smallest absolute Gasteiger partial charge is 0.249 e. The van der Waals surface area contributed by atoms with Gasteiger partial charge in [-0.25, -0.2) is 0 Å². The van der Waals surface area contributed by atoms with Crippen molar-refractivity contribution < 1.29 is 9.53 Å². The molecule has 5 heteroatoms. The van der Waals surface area contributed by atoms with Crippen LogP contribution in [0.25, 0.3) is 6.08 Å². The van der Waals surface area contributed by atoms with Gasteiger partial charge in [-0.2, -0.15) is 0 Å². The monoisotopic (exact) mass is 262 g/mol. The second-order valence-electron chi connectivity index (χ2n) is 3.63. The molecule has 1 aromatic rings. The molecule has 0 aliphatic carbocycles. The lowest BCUT2D eigenvalue weighted by Gasteiger charge is -2.00. The van der Waals surface area contributed by atoms with Gasteiger partial charge in [-0.15, -0.1) is 0 Å². The second kappa shape index (κ2) is 6.26. The topological polar surface area (TPSA) is 50.7 Å². The number of thioether (sulfide) groups is 1. The molecule has 0 atom stereocenters. The molecule has 1 amide bonds. The van der Waals surface area contributed by atoms with Gasteiger partial charge in [-0.05, 0) is 23.8 Å². The first-order valence-corrected chi connectivity index (χ1v) is 6.57. The SMILES string of the molecule is COc1ccc(/C=C/C(=O)NC2=NCCS2)cc1. The minimum atomic E-state index is -0.154. The predicted octanol–water partition coefficient (Wildman–Crippen LogP) is 1.93. The molecule has 0 aromatic heterocycles. The van der Waals surface area contributed by atoms with E-state index in [2.05, 4.69) is 10.3 Å². The zero-order valence-electron chi connectivity index (χ0n) is 10.1. The van der Waals surface area contributed by atoms with Crippen molar-refractivity contribution in [2.24, 2.45) is 4.99 Å². The maximum absolute atomic E-state index is 11.6. The summed E-state index contributed by atoms with van der Waals surface area (Å²) in [5, 5.41) is 3.44. The number of aliphatic imine (C=N–C) groups is 1. The highest BCUT2D eigenvalue weighted by Crippen LogP contribution is 2.12. The van der Waals surface area contributed by atoms with Crippen molar-refractivity contribution in [3.8, 4) is 5.75 Å². The number of hydrogen-bond acceptors (Lipinski definition) is 4. The molecule has 0 bridgehead atoms. The highest BCUT2D eigenvalue weighted by molar-refractivity contribution is 8.14. The Morgan fingerprint density at radius 3 is 2.83 bits per heavy atom. The fourth-order valence-corrected chi connectivity index (χ4v) is 2.18. The van der Waals surface area contributed by atoms with Gasteiger partial charge in [0.1, 0.15) is 5.75 Å². The summed E-state index contributed by atoms with van der Waals surface area (Å²) in [5.41, 5.74) is 0.951. The number of nitrogens with zero attached hydrogens (tertiary/aromatic N) is 1. The molecule has 0 unspecified atom stereocenters. The van der Waals surface area contributed by atoms with Crippen molar-refractivity contribution in [3.63, 3.8) is 0 Å². The molecule has 18 heavy (non-hydrogen) atoms. The van der Waals surface area contributed by atoms with Crippen LogP contribution in [0.3, 0.4) is 0 Å². The molecule has 0 saturated carbocycles. The molecule has 0 spiro atoms. The summed E-state index contributed by atoms with van der Waals surface area (Å²) in [7, 11) is 1.62. The standard InChI is InChI=1S/C13H14N2O2S/c1-17-11-5-2-10(3-6-11)4-7-12(16)15-13-14-8-9-18-13/h2-7H,8-9H2,1H3,(H,14,15,16)/b7-4+. The molecule has 1 aromatic carbocycles. The number of amides is 1. The first kappa shape index (κ1) is 12.7. The number of nitrogens with one attached hydrogen (secondary N) is 1. The number of rotatable bonds is 3. The van der Waals surface area contributed by atoms with Crippen molar-refractivity contribution in [1.29, 1.82) is 0 Å². The average Bonchev–Trinajstić information content (AvgIpc) is 2.90. The third kappa shape index (κ3) is 3.63. The van der Waals surface area contributed by atoms with Crippen LogP contribution < -0.4 is 10.1 Å². The summed E-state index contributed by atoms with van der Waals surface area (Å²) >= 11 is 1.56. The van der Waals surface area contributed by atoms with Crippen LogP contribution in [0.5, 0.6) is 5.75 Å². The number of amidine groups is 1. The van der Waals surface area contributed by atoms with E-state index in [1.165, 1.54) is 6.08 Å². The van der Waals surface area contributed by atoms with Crippen LogP contribution in [0.2, 0.25) is 0 Å². The van der Waals surface area contributed by atoms with Gasteiger partial charge in [-0.1, -0.05) is 23.9 Å². The molecule has 1 aliphatic heterocycles. The third-order valence-corrected chi connectivity index (χ3v) is 3.25. The molecule has 1 N–H and O–H groups in total. The Labute approximate surface area is 110 Å². The number of benzene rings is 1. The maximum Gasteiger partial charge on any atom is 0.249 e. The van der Waals surface area contributed by atoms with Gasteiger partial charge in [0, 0.05) is 11.8 Å². The van der Waals surface area contributed by atoms with Crippen molar-refractivity contribution in [3.05, 3.63) is 35.9 Å². The average molecular weight is 262 g/mol. The molecule has 0 fully saturated rings. The summed E-state index contributed by atoms with van der Waals surface area (Å²) in [5.74, 6) is 1.59. The summed E-state index contributed by atoms with van der Waals surface area (Å²) in [4.78, 5) is 15.7. The van der Waals surface area contributed by atoms with Crippen LogP contribution >= 0.6 is 11.8 Å². The van der Waals surface area contributed by atoms with Crippen LogP contribution in [-0.4, -0.2) is 30.5 Å². The molecule has 2 rings (SSSR count). The van der Waals surface area contributed by atoms with Gasteiger partial charge in [0.2, 0.25) is 5.91 Å². The van der Waals surface area contributed by atoms with Crippen molar-refractivity contribution in [1.82, 2.24) is 5.32 Å². The molecule has 1 heterocycles. The molecule has 0 radical (unpaired) electrons. The van der Waals surface area contributed by atoms with Crippen LogP contribution in [0, 0.1) is 0 Å². The van der Waals surface area contributed by atoms with Crippen molar-refractivity contribution in [2.45, 2.75) is 0 Å². The van der Waals surface area contributed by atoms with Crippen LogP contribution in [0.15, 0.2) is 35.3 Å². The van der Waals surface area contributed by atoms with Crippen LogP contribution in [0.4, 0.5) is 0 Å². The van der Waals surface area contributed by atoms with E-state index in [1.54, 1.807) is 24.9 Å². The Morgan fingerprint density at radius 2 is 2.22 bits per heavy atom. The van der Waals surface area contributed by atoms with E-state index in [0.717, 1.165) is 23.6 Å². The Bertz CT molecular complexity index is 480. The van der Waals surface area contributed by atoms with Gasteiger partial charge in [0.25, 0.3) is 0 Å². The van der Waals surface area contributed by atoms with E-state index in [9.17, 15) is 4.79 Å². The van der Waals surface area contributed by atoms with Gasteiger partial charge >= 0.3 is 0 Å².